The largest absolute Gasteiger partial charge is 0.366 e. The van der Waals surface area contributed by atoms with Crippen LogP contribution in [0.1, 0.15) is 5.82 Å². The summed E-state index contributed by atoms with van der Waals surface area (Å²) in [4.78, 5) is 8.68. The Labute approximate surface area is 115 Å². The molecule has 0 N–H and O–H groups in total. The minimum absolute atomic E-state index is 0.150. The van der Waals surface area contributed by atoms with Gasteiger partial charge < -0.3 is 9.80 Å². The monoisotopic (exact) mass is 278 g/mol. The molecule has 0 unspecified atom stereocenters. The number of anilines is 2. The molecule has 0 amide bonds. The van der Waals surface area contributed by atoms with Crippen LogP contribution in [-0.2, 0) is 0 Å². The minimum Gasteiger partial charge on any atom is -0.366 e. The van der Waals surface area contributed by atoms with Crippen molar-refractivity contribution in [3.63, 3.8) is 0 Å². The zero-order chi connectivity index (χ0) is 13.2. The second-order valence-corrected chi connectivity index (χ2v) is 5.28. The first-order valence-electron chi connectivity index (χ1n) is 6.29. The first kappa shape index (κ1) is 12.3. The van der Waals surface area contributed by atoms with Gasteiger partial charge in [0.05, 0.1) is 5.69 Å². The predicted molar refractivity (Wildman–Crippen MR) is 75.5 cm³/mol. The standard InChI is InChI=1S/C13H15FN4S/c1-10-15-13(19-16-10)18-8-6-17(7-9-18)12-5-3-2-4-11(12)14/h2-5H,6-9H2,1H3. The third kappa shape index (κ3) is 2.53. The van der Waals surface area contributed by atoms with Crippen molar-refractivity contribution in [1.29, 1.82) is 0 Å². The molecule has 3 rings (SSSR count). The van der Waals surface area contributed by atoms with Crippen LogP contribution >= 0.6 is 11.5 Å². The summed E-state index contributed by atoms with van der Waals surface area (Å²) in [7, 11) is 0. The molecule has 0 radical (unpaired) electrons. The van der Waals surface area contributed by atoms with E-state index in [-0.39, 0.29) is 5.82 Å². The second-order valence-electron chi connectivity index (χ2n) is 4.55. The highest BCUT2D eigenvalue weighted by molar-refractivity contribution is 7.09. The Morgan fingerprint density at radius 1 is 1.11 bits per heavy atom. The van der Waals surface area contributed by atoms with Crippen molar-refractivity contribution in [2.75, 3.05) is 36.0 Å². The molecule has 100 valence electrons. The summed E-state index contributed by atoms with van der Waals surface area (Å²) in [6.07, 6.45) is 0. The number of aromatic nitrogens is 2. The lowest BCUT2D eigenvalue weighted by Gasteiger charge is -2.35. The Kier molecular flexibility index (Phi) is 3.33. The van der Waals surface area contributed by atoms with Gasteiger partial charge in [0.2, 0.25) is 5.13 Å². The predicted octanol–water partition coefficient (Wildman–Crippen LogP) is 2.31. The Morgan fingerprint density at radius 3 is 2.42 bits per heavy atom. The summed E-state index contributed by atoms with van der Waals surface area (Å²) < 4.78 is 17.9. The van der Waals surface area contributed by atoms with Crippen LogP contribution in [0.2, 0.25) is 0 Å². The van der Waals surface area contributed by atoms with Gasteiger partial charge in [0, 0.05) is 37.7 Å². The zero-order valence-corrected chi connectivity index (χ0v) is 11.5. The lowest BCUT2D eigenvalue weighted by atomic mass is 10.2. The molecule has 0 bridgehead atoms. The van der Waals surface area contributed by atoms with Crippen molar-refractivity contribution < 1.29 is 4.39 Å². The molecule has 0 saturated carbocycles. The maximum atomic E-state index is 13.7. The average molecular weight is 278 g/mol. The number of halogens is 1. The van der Waals surface area contributed by atoms with E-state index in [1.165, 1.54) is 17.6 Å². The van der Waals surface area contributed by atoms with E-state index in [1.807, 2.05) is 19.1 Å². The van der Waals surface area contributed by atoms with Crippen molar-refractivity contribution in [2.45, 2.75) is 6.92 Å². The normalized spacial score (nSPS) is 15.9. The highest BCUT2D eigenvalue weighted by atomic mass is 32.1. The lowest BCUT2D eigenvalue weighted by molar-refractivity contribution is 0.597. The van der Waals surface area contributed by atoms with Gasteiger partial charge in [-0.2, -0.15) is 4.37 Å². The number of hydrogen-bond acceptors (Lipinski definition) is 5. The number of rotatable bonds is 2. The smallest absolute Gasteiger partial charge is 0.205 e. The van der Waals surface area contributed by atoms with Gasteiger partial charge in [-0.3, -0.25) is 0 Å². The SMILES string of the molecule is Cc1nsc(N2CCN(c3ccccc3F)CC2)n1. The molecule has 2 aromatic rings. The molecule has 1 saturated heterocycles. The Morgan fingerprint density at radius 2 is 1.79 bits per heavy atom. The van der Waals surface area contributed by atoms with E-state index >= 15 is 0 Å². The quantitative estimate of drug-likeness (QED) is 0.844. The number of piperazine rings is 1. The molecule has 19 heavy (non-hydrogen) atoms. The van der Waals surface area contributed by atoms with Crippen LogP contribution < -0.4 is 9.80 Å². The molecule has 6 heteroatoms. The van der Waals surface area contributed by atoms with Crippen LogP contribution in [0.25, 0.3) is 0 Å². The fourth-order valence-electron chi connectivity index (χ4n) is 2.26. The Balaban J connectivity index is 1.68. The number of hydrogen-bond donors (Lipinski definition) is 0. The topological polar surface area (TPSA) is 32.3 Å². The van der Waals surface area contributed by atoms with E-state index in [0.717, 1.165) is 37.1 Å². The maximum absolute atomic E-state index is 13.7. The third-order valence-electron chi connectivity index (χ3n) is 3.26. The van der Waals surface area contributed by atoms with Crippen molar-refractivity contribution >= 4 is 22.4 Å². The summed E-state index contributed by atoms with van der Waals surface area (Å²) in [5.74, 6) is 0.666. The third-order valence-corrected chi connectivity index (χ3v) is 4.13. The molecule has 0 aliphatic carbocycles. The van der Waals surface area contributed by atoms with Gasteiger partial charge in [-0.25, -0.2) is 9.37 Å². The lowest BCUT2D eigenvalue weighted by Crippen LogP contribution is -2.46. The van der Waals surface area contributed by atoms with Crippen LogP contribution in [-0.4, -0.2) is 35.5 Å². The van der Waals surface area contributed by atoms with Crippen molar-refractivity contribution in [3.8, 4) is 0 Å². The van der Waals surface area contributed by atoms with E-state index in [1.54, 1.807) is 6.07 Å². The fourth-order valence-corrected chi connectivity index (χ4v) is 2.99. The molecule has 1 aliphatic rings. The molecular formula is C13H15FN4S. The first-order chi connectivity index (χ1) is 9.24. The van der Waals surface area contributed by atoms with Gasteiger partial charge in [0.25, 0.3) is 0 Å². The van der Waals surface area contributed by atoms with Crippen LogP contribution in [0, 0.1) is 12.7 Å². The summed E-state index contributed by atoms with van der Waals surface area (Å²) in [5.41, 5.74) is 0.690. The molecule has 1 aromatic carbocycles. The Bertz CT molecular complexity index is 563. The molecule has 2 heterocycles. The summed E-state index contributed by atoms with van der Waals surface area (Å²) >= 11 is 1.43. The van der Waals surface area contributed by atoms with Crippen molar-refractivity contribution in [2.24, 2.45) is 0 Å². The average Bonchev–Trinajstić information content (AvgIpc) is 2.86. The second kappa shape index (κ2) is 5.13. The maximum Gasteiger partial charge on any atom is 0.205 e. The number of nitrogens with zero attached hydrogens (tertiary/aromatic N) is 4. The van der Waals surface area contributed by atoms with Gasteiger partial charge in [-0.05, 0) is 19.1 Å². The van der Waals surface area contributed by atoms with Crippen LogP contribution in [0.5, 0.6) is 0 Å². The molecule has 4 nitrogen and oxygen atoms in total. The molecular weight excluding hydrogens is 263 g/mol. The number of para-hydroxylation sites is 1. The van der Waals surface area contributed by atoms with Crippen molar-refractivity contribution in [1.82, 2.24) is 9.36 Å². The van der Waals surface area contributed by atoms with E-state index in [4.69, 9.17) is 0 Å². The first-order valence-corrected chi connectivity index (χ1v) is 7.06. The minimum atomic E-state index is -0.150. The summed E-state index contributed by atoms with van der Waals surface area (Å²) in [6, 6.07) is 6.94. The highest BCUT2D eigenvalue weighted by Crippen LogP contribution is 2.23. The van der Waals surface area contributed by atoms with Gasteiger partial charge in [-0.15, -0.1) is 0 Å². The number of aryl methyl sites for hydroxylation is 1. The molecule has 1 aliphatic heterocycles. The zero-order valence-electron chi connectivity index (χ0n) is 10.7. The van der Waals surface area contributed by atoms with Crippen molar-refractivity contribution in [3.05, 3.63) is 35.9 Å². The van der Waals surface area contributed by atoms with E-state index < -0.39 is 0 Å². The van der Waals surface area contributed by atoms with E-state index in [9.17, 15) is 4.39 Å². The molecule has 0 atom stereocenters. The van der Waals surface area contributed by atoms with Crippen LogP contribution in [0.3, 0.4) is 0 Å². The van der Waals surface area contributed by atoms with Crippen LogP contribution in [0.15, 0.2) is 24.3 Å². The highest BCUT2D eigenvalue weighted by Gasteiger charge is 2.21. The van der Waals surface area contributed by atoms with Gasteiger partial charge >= 0.3 is 0 Å². The fraction of sp³-hybridized carbons (Fsp3) is 0.385. The van der Waals surface area contributed by atoms with Gasteiger partial charge in [0.1, 0.15) is 11.6 Å². The molecule has 0 spiro atoms. The molecule has 1 fully saturated rings. The Hall–Kier alpha value is -1.69. The van der Waals surface area contributed by atoms with E-state index in [0.29, 0.717) is 5.69 Å². The van der Waals surface area contributed by atoms with Crippen LogP contribution in [0.4, 0.5) is 15.2 Å². The molecule has 1 aromatic heterocycles. The summed E-state index contributed by atoms with van der Waals surface area (Å²) in [5, 5.41) is 0.964. The summed E-state index contributed by atoms with van der Waals surface area (Å²) in [6.45, 7) is 5.21. The number of benzene rings is 1. The van der Waals surface area contributed by atoms with Gasteiger partial charge in [-0.1, -0.05) is 12.1 Å². The van der Waals surface area contributed by atoms with E-state index in [2.05, 4.69) is 19.2 Å². The van der Waals surface area contributed by atoms with Gasteiger partial charge in [0.15, 0.2) is 0 Å².